The van der Waals surface area contributed by atoms with Crippen molar-refractivity contribution in [2.75, 3.05) is 25.5 Å². The number of aromatic nitrogens is 2. The zero-order chi connectivity index (χ0) is 33.4. The van der Waals surface area contributed by atoms with Gasteiger partial charge in [0, 0.05) is 31.4 Å². The molecule has 4 fully saturated rings. The van der Waals surface area contributed by atoms with Crippen molar-refractivity contribution in [2.24, 2.45) is 34.1 Å². The van der Waals surface area contributed by atoms with Crippen LogP contribution in [0.25, 0.3) is 10.9 Å². The second kappa shape index (κ2) is 13.4. The Morgan fingerprint density at radius 2 is 1.85 bits per heavy atom. The van der Waals surface area contributed by atoms with Gasteiger partial charge in [0.2, 0.25) is 0 Å². The molecule has 4 atom stereocenters. The number of nitrogens with zero attached hydrogens (tertiary/aromatic N) is 4. The van der Waals surface area contributed by atoms with Gasteiger partial charge in [0.15, 0.2) is 5.96 Å². The van der Waals surface area contributed by atoms with Crippen LogP contribution in [0.5, 0.6) is 5.75 Å². The fourth-order valence-electron chi connectivity index (χ4n) is 8.56. The van der Waals surface area contributed by atoms with Crippen molar-refractivity contribution in [3.63, 3.8) is 0 Å². The number of guanidine groups is 1. The summed E-state index contributed by atoms with van der Waals surface area (Å²) in [5.41, 5.74) is 3.74. The molecule has 1 aromatic heterocycles. The van der Waals surface area contributed by atoms with E-state index in [0.717, 1.165) is 62.3 Å². The van der Waals surface area contributed by atoms with E-state index in [9.17, 15) is 9.18 Å². The van der Waals surface area contributed by atoms with Crippen molar-refractivity contribution in [3.05, 3.63) is 100 Å². The summed E-state index contributed by atoms with van der Waals surface area (Å²) in [5.74, 6) is 3.74. The molecule has 1 N–H and O–H groups in total. The quantitative estimate of drug-likeness (QED) is 0.157. The van der Waals surface area contributed by atoms with Gasteiger partial charge in [0.1, 0.15) is 11.6 Å². The molecule has 2 bridgehead atoms. The number of rotatable bonds is 8. The van der Waals surface area contributed by atoms with Crippen LogP contribution in [0.4, 0.5) is 10.1 Å². The second-order valence-electron chi connectivity index (χ2n) is 14.9. The second-order valence-corrected chi connectivity index (χ2v) is 14.9. The average molecular weight is 650 g/mol. The third-order valence-corrected chi connectivity index (χ3v) is 11.8. The monoisotopic (exact) mass is 649 g/mol. The first kappa shape index (κ1) is 32.4. The van der Waals surface area contributed by atoms with Crippen molar-refractivity contribution in [1.82, 2.24) is 14.5 Å². The van der Waals surface area contributed by atoms with Crippen molar-refractivity contribution in [3.8, 4) is 5.75 Å². The van der Waals surface area contributed by atoms with Crippen LogP contribution >= 0.6 is 0 Å². The van der Waals surface area contributed by atoms with E-state index in [2.05, 4.69) is 66.3 Å². The third kappa shape index (κ3) is 6.46. The van der Waals surface area contributed by atoms with E-state index in [-0.39, 0.29) is 11.4 Å². The lowest BCUT2D eigenvalue weighted by Gasteiger charge is -2.61. The Morgan fingerprint density at radius 1 is 1.06 bits per heavy atom. The largest absolute Gasteiger partial charge is 0.497 e. The summed E-state index contributed by atoms with van der Waals surface area (Å²) in [6, 6.07) is 21.7. The van der Waals surface area contributed by atoms with Crippen molar-refractivity contribution < 1.29 is 9.13 Å². The predicted octanol–water partition coefficient (Wildman–Crippen LogP) is 7.58. The Kier molecular flexibility index (Phi) is 9.01. The molecule has 0 radical (unpaired) electrons. The summed E-state index contributed by atoms with van der Waals surface area (Å²) in [6.45, 7) is 9.54. The van der Waals surface area contributed by atoms with Gasteiger partial charge in [-0.05, 0) is 103 Å². The lowest BCUT2D eigenvalue weighted by Crippen LogP contribution is -2.56. The summed E-state index contributed by atoms with van der Waals surface area (Å²) in [6.07, 6.45) is 7.80. The minimum absolute atomic E-state index is 0.132. The topological polar surface area (TPSA) is 71.8 Å². The van der Waals surface area contributed by atoms with E-state index < -0.39 is 0 Å². The number of ether oxygens (including phenoxy) is 1. The van der Waals surface area contributed by atoms with Gasteiger partial charge < -0.3 is 15.0 Å². The highest BCUT2D eigenvalue weighted by molar-refractivity contribution is 5.96. The van der Waals surface area contributed by atoms with E-state index in [1.807, 2.05) is 18.2 Å². The molecule has 4 aromatic rings. The highest BCUT2D eigenvalue weighted by Crippen LogP contribution is 2.61. The van der Waals surface area contributed by atoms with Crippen LogP contribution in [0.3, 0.4) is 0 Å². The smallest absolute Gasteiger partial charge is 0.261 e. The summed E-state index contributed by atoms with van der Waals surface area (Å²) >= 11 is 0. The summed E-state index contributed by atoms with van der Waals surface area (Å²) in [5, 5.41) is 4.24. The summed E-state index contributed by atoms with van der Waals surface area (Å²) in [7, 11) is 1.51. The van der Waals surface area contributed by atoms with E-state index >= 15 is 0 Å². The number of piperidine rings is 1. The molecule has 48 heavy (non-hydrogen) atoms. The van der Waals surface area contributed by atoms with Crippen molar-refractivity contribution in [1.29, 1.82) is 0 Å². The predicted molar refractivity (Wildman–Crippen MR) is 191 cm³/mol. The fourth-order valence-corrected chi connectivity index (χ4v) is 8.56. The molecule has 3 saturated carbocycles. The number of aryl methyl sites for hydroxylation is 2. The average Bonchev–Trinajstić information content (AvgIpc) is 3.09. The Hall–Kier alpha value is -4.20. The van der Waals surface area contributed by atoms with Gasteiger partial charge in [-0.3, -0.25) is 9.36 Å². The number of methoxy groups -OCH3 is 1. The van der Waals surface area contributed by atoms with E-state index in [4.69, 9.17) is 9.73 Å². The molecule has 7 nitrogen and oxygen atoms in total. The molecule has 2 heterocycles. The van der Waals surface area contributed by atoms with Crippen molar-refractivity contribution in [2.45, 2.75) is 71.9 Å². The molecule has 1 aliphatic heterocycles. The SMILES string of the molecule is COc1ccc(CCn2cnc3cc(N/C(=N/C4C[C@@H]5CC([C@@H]4C)C5(C)C)N4CCC(Cc5ccccc5)CC4)ccc3c2=O)c(F)c1. The van der Waals surface area contributed by atoms with Crippen LogP contribution in [0, 0.1) is 34.9 Å². The number of anilines is 1. The van der Waals surface area contributed by atoms with Crippen LogP contribution in [0.2, 0.25) is 0 Å². The van der Waals surface area contributed by atoms with Gasteiger partial charge in [-0.25, -0.2) is 14.4 Å². The van der Waals surface area contributed by atoms with Crippen LogP contribution in [-0.4, -0.2) is 46.7 Å². The Balaban J connectivity index is 1.09. The first-order valence-electron chi connectivity index (χ1n) is 17.6. The lowest BCUT2D eigenvalue weighted by molar-refractivity contribution is -0.108. The minimum Gasteiger partial charge on any atom is -0.497 e. The molecule has 3 aromatic carbocycles. The normalized spacial score (nSPS) is 23.9. The fraction of sp³-hybridized carbons (Fsp3) is 0.475. The first-order chi connectivity index (χ1) is 23.2. The van der Waals surface area contributed by atoms with Crippen LogP contribution in [0.15, 0.2) is 82.8 Å². The number of hydrogen-bond donors (Lipinski definition) is 1. The number of aliphatic imine (C=N–C) groups is 1. The number of halogens is 1. The maximum absolute atomic E-state index is 14.5. The van der Waals surface area contributed by atoms with Gasteiger partial charge >= 0.3 is 0 Å². The van der Waals surface area contributed by atoms with Crippen LogP contribution < -0.4 is 15.6 Å². The molecule has 0 amide bonds. The van der Waals surface area contributed by atoms with Crippen LogP contribution in [0.1, 0.15) is 57.6 Å². The van der Waals surface area contributed by atoms with Gasteiger partial charge in [0.25, 0.3) is 5.56 Å². The summed E-state index contributed by atoms with van der Waals surface area (Å²) in [4.78, 5) is 26.0. The number of hydrogen-bond acceptors (Lipinski definition) is 4. The maximum Gasteiger partial charge on any atom is 0.261 e. The Labute approximate surface area is 283 Å². The number of fused-ring (bicyclic) bond motifs is 3. The van der Waals surface area contributed by atoms with Crippen LogP contribution in [-0.2, 0) is 19.4 Å². The molecule has 3 aliphatic carbocycles. The molecular weight excluding hydrogens is 601 g/mol. The molecule has 1 saturated heterocycles. The number of nitrogens with one attached hydrogen (secondary N) is 1. The highest BCUT2D eigenvalue weighted by atomic mass is 19.1. The molecule has 8 heteroatoms. The third-order valence-electron chi connectivity index (χ3n) is 11.8. The molecular formula is C40H48FN5O2. The molecule has 8 rings (SSSR count). The van der Waals surface area contributed by atoms with Gasteiger partial charge in [0.05, 0.1) is 30.4 Å². The molecule has 0 spiro atoms. The van der Waals surface area contributed by atoms with Crippen molar-refractivity contribution >= 4 is 22.5 Å². The van der Waals surface area contributed by atoms with E-state index in [1.165, 1.54) is 25.2 Å². The van der Waals surface area contributed by atoms with E-state index in [1.54, 1.807) is 23.0 Å². The zero-order valence-electron chi connectivity index (χ0n) is 28.7. The molecule has 2 unspecified atom stereocenters. The maximum atomic E-state index is 14.5. The number of likely N-dealkylation sites (tertiary alicyclic amines) is 1. The highest BCUT2D eigenvalue weighted by Gasteiger charge is 2.56. The van der Waals surface area contributed by atoms with Gasteiger partial charge in [-0.1, -0.05) is 57.2 Å². The summed E-state index contributed by atoms with van der Waals surface area (Å²) < 4.78 is 21.2. The first-order valence-corrected chi connectivity index (χ1v) is 17.6. The van der Waals surface area contributed by atoms with Gasteiger partial charge in [-0.2, -0.15) is 0 Å². The standard InChI is InChI=1S/C40H48FN5O2/c1-26-34-21-30(40(34,2)3)22-36(26)44-39(45-17-14-28(15-18-45)20-27-8-6-5-7-9-27)43-31-11-13-33-37(23-31)42-25-46(38(33)47)19-16-29-10-12-32(48-4)24-35(29)41/h5-13,23-26,28,30,34,36H,14-22H2,1-4H3,(H,43,44)/t26-,30-,34?,36?/m0/s1. The minimum atomic E-state index is -0.340. The van der Waals surface area contributed by atoms with Gasteiger partial charge in [-0.15, -0.1) is 0 Å². The zero-order valence-corrected chi connectivity index (χ0v) is 28.7. The molecule has 4 aliphatic rings. The molecule has 252 valence electrons. The Morgan fingerprint density at radius 3 is 2.56 bits per heavy atom. The Bertz CT molecular complexity index is 1850. The number of benzene rings is 3. The van der Waals surface area contributed by atoms with E-state index in [0.29, 0.717) is 58.5 Å². The lowest BCUT2D eigenvalue weighted by atomic mass is 9.45.